The standard InChI is InChI=1S/C10H12FO2/c1-12-6-5-9-3-2-4-10(7-9)13-8-11/h2-3,7H,5-6,8H2,1H3. The predicted molar refractivity (Wildman–Crippen MR) is 47.5 cm³/mol. The van der Waals surface area contributed by atoms with Gasteiger partial charge in [-0.05, 0) is 18.1 Å². The fourth-order valence-electron chi connectivity index (χ4n) is 1.01. The molecule has 1 rings (SSSR count). The highest BCUT2D eigenvalue weighted by molar-refractivity contribution is 5.27. The number of hydrogen-bond donors (Lipinski definition) is 0. The lowest BCUT2D eigenvalue weighted by Crippen LogP contribution is -1.96. The van der Waals surface area contributed by atoms with Gasteiger partial charge in [-0.3, -0.25) is 0 Å². The first-order chi connectivity index (χ1) is 6.36. The molecule has 0 fully saturated rings. The molecule has 0 amide bonds. The molecule has 0 aliphatic rings. The summed E-state index contributed by atoms with van der Waals surface area (Å²) in [6.07, 6.45) is 0.799. The first-order valence-corrected chi connectivity index (χ1v) is 4.05. The van der Waals surface area contributed by atoms with Crippen molar-refractivity contribution in [3.8, 4) is 5.75 Å². The van der Waals surface area contributed by atoms with Crippen molar-refractivity contribution < 1.29 is 13.9 Å². The van der Waals surface area contributed by atoms with Crippen molar-refractivity contribution in [3.05, 3.63) is 29.8 Å². The van der Waals surface area contributed by atoms with E-state index in [0.717, 1.165) is 12.0 Å². The molecule has 0 spiro atoms. The van der Waals surface area contributed by atoms with Crippen molar-refractivity contribution in [2.45, 2.75) is 6.42 Å². The second-order valence-corrected chi connectivity index (χ2v) is 2.56. The van der Waals surface area contributed by atoms with E-state index in [1.165, 1.54) is 0 Å². The lowest BCUT2D eigenvalue weighted by molar-refractivity contribution is 0.190. The van der Waals surface area contributed by atoms with Gasteiger partial charge in [-0.15, -0.1) is 0 Å². The highest BCUT2D eigenvalue weighted by Crippen LogP contribution is 2.12. The van der Waals surface area contributed by atoms with Gasteiger partial charge in [0.15, 0.2) is 0 Å². The smallest absolute Gasteiger partial charge is 0.228 e. The minimum Gasteiger partial charge on any atom is -0.462 e. The SMILES string of the molecule is COCCc1cc[c]c(OCF)c1. The molecule has 1 aromatic rings. The van der Waals surface area contributed by atoms with Crippen LogP contribution >= 0.6 is 0 Å². The van der Waals surface area contributed by atoms with Crippen LogP contribution in [0.1, 0.15) is 5.56 Å². The number of hydrogen-bond acceptors (Lipinski definition) is 2. The fraction of sp³-hybridized carbons (Fsp3) is 0.400. The molecular formula is C10H12FO2. The van der Waals surface area contributed by atoms with Crippen molar-refractivity contribution in [1.29, 1.82) is 0 Å². The summed E-state index contributed by atoms with van der Waals surface area (Å²) in [5, 5.41) is 0. The van der Waals surface area contributed by atoms with E-state index >= 15 is 0 Å². The van der Waals surface area contributed by atoms with Crippen LogP contribution in [0.4, 0.5) is 4.39 Å². The van der Waals surface area contributed by atoms with Crippen molar-refractivity contribution in [3.63, 3.8) is 0 Å². The Morgan fingerprint density at radius 2 is 2.38 bits per heavy atom. The molecule has 0 heterocycles. The van der Waals surface area contributed by atoms with Gasteiger partial charge in [0.1, 0.15) is 5.75 Å². The molecule has 2 nitrogen and oxygen atoms in total. The van der Waals surface area contributed by atoms with E-state index in [1.807, 2.05) is 6.07 Å². The molecule has 0 atom stereocenters. The molecule has 0 aliphatic carbocycles. The number of methoxy groups -OCH3 is 1. The first-order valence-electron chi connectivity index (χ1n) is 4.05. The molecule has 0 aromatic heterocycles. The van der Waals surface area contributed by atoms with Gasteiger partial charge in [-0.25, -0.2) is 4.39 Å². The van der Waals surface area contributed by atoms with Crippen LogP contribution in [0.3, 0.4) is 0 Å². The Kier molecular flexibility index (Phi) is 4.26. The lowest BCUT2D eigenvalue weighted by Gasteiger charge is -2.03. The summed E-state index contributed by atoms with van der Waals surface area (Å²) in [5.74, 6) is 0.441. The van der Waals surface area contributed by atoms with Gasteiger partial charge in [-0.1, -0.05) is 12.1 Å². The minimum atomic E-state index is -0.815. The third kappa shape index (κ3) is 3.42. The minimum absolute atomic E-state index is 0.441. The third-order valence-corrected chi connectivity index (χ3v) is 1.64. The van der Waals surface area contributed by atoms with E-state index in [2.05, 4.69) is 10.8 Å². The van der Waals surface area contributed by atoms with Crippen molar-refractivity contribution in [2.75, 3.05) is 20.6 Å². The number of ether oxygens (including phenoxy) is 2. The van der Waals surface area contributed by atoms with Gasteiger partial charge >= 0.3 is 0 Å². The Bertz CT molecular complexity index is 250. The molecule has 0 unspecified atom stereocenters. The maximum absolute atomic E-state index is 11.8. The average Bonchev–Trinajstić information content (AvgIpc) is 2.16. The summed E-state index contributed by atoms with van der Waals surface area (Å²) in [5.41, 5.74) is 1.06. The summed E-state index contributed by atoms with van der Waals surface area (Å²) >= 11 is 0. The predicted octanol–water partition coefficient (Wildman–Crippen LogP) is 1.98. The van der Waals surface area contributed by atoms with Crippen LogP contribution in [0.15, 0.2) is 18.2 Å². The van der Waals surface area contributed by atoms with Gasteiger partial charge in [0.2, 0.25) is 6.86 Å². The molecular weight excluding hydrogens is 171 g/mol. The maximum Gasteiger partial charge on any atom is 0.228 e. The molecule has 0 bridgehead atoms. The van der Waals surface area contributed by atoms with Gasteiger partial charge in [-0.2, -0.15) is 0 Å². The molecule has 1 aromatic carbocycles. The summed E-state index contributed by atoms with van der Waals surface area (Å²) < 4.78 is 21.4. The highest BCUT2D eigenvalue weighted by atomic mass is 19.1. The lowest BCUT2D eigenvalue weighted by atomic mass is 10.1. The van der Waals surface area contributed by atoms with Crippen LogP contribution in [-0.2, 0) is 11.2 Å². The quantitative estimate of drug-likeness (QED) is 0.695. The maximum atomic E-state index is 11.8. The third-order valence-electron chi connectivity index (χ3n) is 1.64. The molecule has 0 saturated heterocycles. The second kappa shape index (κ2) is 5.54. The van der Waals surface area contributed by atoms with Gasteiger partial charge in [0.05, 0.1) is 6.61 Å². The van der Waals surface area contributed by atoms with Crippen LogP contribution in [0, 0.1) is 6.07 Å². The summed E-state index contributed by atoms with van der Waals surface area (Å²) in [4.78, 5) is 0. The summed E-state index contributed by atoms with van der Waals surface area (Å²) in [6.45, 7) is -0.163. The highest BCUT2D eigenvalue weighted by Gasteiger charge is 1.96. The zero-order chi connectivity index (χ0) is 9.52. The number of rotatable bonds is 5. The number of benzene rings is 1. The van der Waals surface area contributed by atoms with Crippen molar-refractivity contribution in [1.82, 2.24) is 0 Å². The fourth-order valence-corrected chi connectivity index (χ4v) is 1.01. The van der Waals surface area contributed by atoms with Crippen LogP contribution in [0.25, 0.3) is 0 Å². The Morgan fingerprint density at radius 1 is 1.54 bits per heavy atom. The monoisotopic (exact) mass is 183 g/mol. The molecule has 0 saturated carbocycles. The Morgan fingerprint density at radius 3 is 3.08 bits per heavy atom. The van der Waals surface area contributed by atoms with Gasteiger partial charge < -0.3 is 9.47 Å². The molecule has 0 N–H and O–H groups in total. The second-order valence-electron chi connectivity index (χ2n) is 2.56. The zero-order valence-corrected chi connectivity index (χ0v) is 7.55. The molecule has 0 aliphatic heterocycles. The largest absolute Gasteiger partial charge is 0.462 e. The van der Waals surface area contributed by atoms with Crippen LogP contribution < -0.4 is 4.74 Å². The average molecular weight is 183 g/mol. The Balaban J connectivity index is 2.56. The Labute approximate surface area is 77.3 Å². The van der Waals surface area contributed by atoms with Crippen LogP contribution in [-0.4, -0.2) is 20.6 Å². The van der Waals surface area contributed by atoms with Crippen molar-refractivity contribution >= 4 is 0 Å². The van der Waals surface area contributed by atoms with E-state index in [0.29, 0.717) is 12.4 Å². The van der Waals surface area contributed by atoms with Crippen molar-refractivity contribution in [2.24, 2.45) is 0 Å². The molecule has 13 heavy (non-hydrogen) atoms. The van der Waals surface area contributed by atoms with E-state index in [9.17, 15) is 4.39 Å². The summed E-state index contributed by atoms with van der Waals surface area (Å²) in [7, 11) is 1.65. The summed E-state index contributed by atoms with van der Waals surface area (Å²) in [6, 6.07) is 8.17. The first kappa shape index (κ1) is 9.99. The van der Waals surface area contributed by atoms with E-state index in [4.69, 9.17) is 4.74 Å². The molecule has 1 radical (unpaired) electrons. The van der Waals surface area contributed by atoms with Crippen LogP contribution in [0.2, 0.25) is 0 Å². The molecule has 71 valence electrons. The number of alkyl halides is 1. The topological polar surface area (TPSA) is 18.5 Å². The zero-order valence-electron chi connectivity index (χ0n) is 7.55. The number of halogens is 1. The Hall–Kier alpha value is -1.09. The normalized spacial score (nSPS) is 10.0. The molecule has 3 heteroatoms. The van der Waals surface area contributed by atoms with Gasteiger partial charge in [0.25, 0.3) is 0 Å². The van der Waals surface area contributed by atoms with E-state index < -0.39 is 6.86 Å². The van der Waals surface area contributed by atoms with E-state index in [-0.39, 0.29) is 0 Å². The van der Waals surface area contributed by atoms with E-state index in [1.54, 1.807) is 19.2 Å². The van der Waals surface area contributed by atoms with Crippen LogP contribution in [0.5, 0.6) is 5.75 Å². The van der Waals surface area contributed by atoms with Gasteiger partial charge in [0, 0.05) is 13.2 Å².